The summed E-state index contributed by atoms with van der Waals surface area (Å²) >= 11 is 6.21. The summed E-state index contributed by atoms with van der Waals surface area (Å²) in [5.74, 6) is 1.67. The molecule has 1 aliphatic heterocycles. The molecule has 2 unspecified atom stereocenters. The zero-order valence-electron chi connectivity index (χ0n) is 12.5. The fourth-order valence-electron chi connectivity index (χ4n) is 2.67. The van der Waals surface area contributed by atoms with Crippen LogP contribution in [0, 0.1) is 0 Å². The average Bonchev–Trinajstić information content (AvgIpc) is 2.98. The quantitative estimate of drug-likeness (QED) is 0.939. The summed E-state index contributed by atoms with van der Waals surface area (Å²) in [5.41, 5.74) is 0.902. The Morgan fingerprint density at radius 2 is 2.09 bits per heavy atom. The first kappa shape index (κ1) is 15.6. The lowest BCUT2D eigenvalue weighted by atomic mass is 10.2. The van der Waals surface area contributed by atoms with E-state index in [1.54, 1.807) is 0 Å². The van der Waals surface area contributed by atoms with E-state index in [0.717, 1.165) is 17.1 Å². The van der Waals surface area contributed by atoms with E-state index in [1.807, 2.05) is 36.4 Å². The van der Waals surface area contributed by atoms with Crippen molar-refractivity contribution in [1.29, 1.82) is 0 Å². The number of ether oxygens (including phenoxy) is 1. The summed E-state index contributed by atoms with van der Waals surface area (Å²) in [7, 11) is 0. The molecule has 0 bridgehead atoms. The minimum atomic E-state index is -0.116. The zero-order chi connectivity index (χ0) is 15.5. The molecule has 4 nitrogen and oxygen atoms in total. The van der Waals surface area contributed by atoms with Gasteiger partial charge in [0.25, 0.3) is 0 Å². The molecule has 0 radical (unpaired) electrons. The molecule has 0 amide bonds. The van der Waals surface area contributed by atoms with Gasteiger partial charge in [0.2, 0.25) is 0 Å². The number of furan rings is 1. The van der Waals surface area contributed by atoms with Crippen molar-refractivity contribution in [2.45, 2.75) is 25.6 Å². The Morgan fingerprint density at radius 1 is 1.27 bits per heavy atom. The summed E-state index contributed by atoms with van der Waals surface area (Å²) in [5, 5.41) is 9.94. The normalized spacial score (nSPS) is 22.9. The SMILES string of the molecule is CC1COC(CO)CN1Cc1ccc(-c2ccccc2Cl)o1. The third kappa shape index (κ3) is 3.36. The number of benzene rings is 1. The van der Waals surface area contributed by atoms with Crippen molar-refractivity contribution in [2.24, 2.45) is 0 Å². The maximum Gasteiger partial charge on any atom is 0.135 e. The molecule has 1 aromatic carbocycles. The van der Waals surface area contributed by atoms with Crippen molar-refractivity contribution in [3.8, 4) is 11.3 Å². The van der Waals surface area contributed by atoms with Crippen LogP contribution in [0.1, 0.15) is 12.7 Å². The van der Waals surface area contributed by atoms with E-state index in [9.17, 15) is 5.11 Å². The van der Waals surface area contributed by atoms with Crippen LogP contribution < -0.4 is 0 Å². The van der Waals surface area contributed by atoms with Crippen LogP contribution in [0.3, 0.4) is 0 Å². The number of aliphatic hydroxyl groups excluding tert-OH is 1. The summed E-state index contributed by atoms with van der Waals surface area (Å²) in [6.07, 6.45) is -0.116. The number of aliphatic hydroxyl groups is 1. The molecule has 22 heavy (non-hydrogen) atoms. The first-order chi connectivity index (χ1) is 10.7. The maximum atomic E-state index is 9.25. The van der Waals surface area contributed by atoms with Gasteiger partial charge >= 0.3 is 0 Å². The van der Waals surface area contributed by atoms with Gasteiger partial charge in [-0.15, -0.1) is 0 Å². The average molecular weight is 322 g/mol. The predicted octanol–water partition coefficient (Wildman–Crippen LogP) is 3.18. The summed E-state index contributed by atoms with van der Waals surface area (Å²) < 4.78 is 11.5. The van der Waals surface area contributed by atoms with E-state index in [0.29, 0.717) is 30.8 Å². The molecule has 1 fully saturated rings. The number of morpholine rings is 1. The summed E-state index contributed by atoms with van der Waals surface area (Å²) in [6, 6.07) is 11.9. The number of nitrogens with zero attached hydrogens (tertiary/aromatic N) is 1. The predicted molar refractivity (Wildman–Crippen MR) is 85.9 cm³/mol. The van der Waals surface area contributed by atoms with Crippen molar-refractivity contribution in [1.82, 2.24) is 4.90 Å². The lowest BCUT2D eigenvalue weighted by molar-refractivity contribution is -0.0819. The van der Waals surface area contributed by atoms with Crippen LogP contribution in [0.4, 0.5) is 0 Å². The Kier molecular flexibility index (Phi) is 4.84. The Balaban J connectivity index is 1.73. The van der Waals surface area contributed by atoms with Crippen LogP contribution in [0.2, 0.25) is 5.02 Å². The topological polar surface area (TPSA) is 45.8 Å². The van der Waals surface area contributed by atoms with Gasteiger partial charge < -0.3 is 14.3 Å². The van der Waals surface area contributed by atoms with Crippen LogP contribution in [0.25, 0.3) is 11.3 Å². The minimum absolute atomic E-state index is 0.0479. The summed E-state index contributed by atoms with van der Waals surface area (Å²) in [6.45, 7) is 4.20. The van der Waals surface area contributed by atoms with Crippen molar-refractivity contribution in [3.05, 3.63) is 47.2 Å². The molecule has 1 N–H and O–H groups in total. The van der Waals surface area contributed by atoms with E-state index >= 15 is 0 Å². The van der Waals surface area contributed by atoms with Crippen molar-refractivity contribution in [3.63, 3.8) is 0 Å². The molecule has 2 heterocycles. The van der Waals surface area contributed by atoms with Gasteiger partial charge in [0.15, 0.2) is 0 Å². The third-order valence-electron chi connectivity index (χ3n) is 4.00. The second-order valence-electron chi connectivity index (χ2n) is 5.66. The number of hydrogen-bond donors (Lipinski definition) is 1. The molecule has 0 spiro atoms. The lowest BCUT2D eigenvalue weighted by Crippen LogP contribution is -2.48. The van der Waals surface area contributed by atoms with Gasteiger partial charge in [-0.25, -0.2) is 0 Å². The van der Waals surface area contributed by atoms with E-state index in [4.69, 9.17) is 20.8 Å². The molecule has 3 rings (SSSR count). The molecule has 1 aromatic heterocycles. The molecule has 0 aliphatic carbocycles. The minimum Gasteiger partial charge on any atom is -0.460 e. The standard InChI is InChI=1S/C17H20ClNO3/c1-12-11-21-14(10-20)9-19(12)8-13-6-7-17(22-13)15-4-2-3-5-16(15)18/h2-7,12,14,20H,8-11H2,1H3. The van der Waals surface area contributed by atoms with Crippen LogP contribution in [0.15, 0.2) is 40.8 Å². The zero-order valence-corrected chi connectivity index (χ0v) is 13.3. The third-order valence-corrected chi connectivity index (χ3v) is 4.33. The van der Waals surface area contributed by atoms with Gasteiger partial charge in [-0.1, -0.05) is 23.7 Å². The fourth-order valence-corrected chi connectivity index (χ4v) is 2.90. The molecular formula is C17H20ClNO3. The molecule has 1 saturated heterocycles. The lowest BCUT2D eigenvalue weighted by Gasteiger charge is -2.36. The van der Waals surface area contributed by atoms with E-state index in [1.165, 1.54) is 0 Å². The van der Waals surface area contributed by atoms with Crippen molar-refractivity contribution in [2.75, 3.05) is 19.8 Å². The first-order valence-corrected chi connectivity index (χ1v) is 7.85. The maximum absolute atomic E-state index is 9.25. The number of hydrogen-bond acceptors (Lipinski definition) is 4. The smallest absolute Gasteiger partial charge is 0.135 e. The van der Waals surface area contributed by atoms with Crippen molar-refractivity contribution < 1.29 is 14.3 Å². The van der Waals surface area contributed by atoms with E-state index < -0.39 is 0 Å². The molecule has 2 atom stereocenters. The van der Waals surface area contributed by atoms with Gasteiger partial charge in [0, 0.05) is 18.2 Å². The Morgan fingerprint density at radius 3 is 2.86 bits per heavy atom. The second kappa shape index (κ2) is 6.84. The highest BCUT2D eigenvalue weighted by atomic mass is 35.5. The summed E-state index contributed by atoms with van der Waals surface area (Å²) in [4.78, 5) is 2.26. The number of rotatable bonds is 4. The molecule has 0 saturated carbocycles. The van der Waals surface area contributed by atoms with E-state index in [2.05, 4.69) is 11.8 Å². The molecular weight excluding hydrogens is 302 g/mol. The van der Waals surface area contributed by atoms with Crippen LogP contribution in [-0.4, -0.2) is 41.9 Å². The second-order valence-corrected chi connectivity index (χ2v) is 6.07. The highest BCUT2D eigenvalue weighted by Crippen LogP contribution is 2.29. The molecule has 5 heteroatoms. The monoisotopic (exact) mass is 321 g/mol. The van der Waals surface area contributed by atoms with Crippen LogP contribution >= 0.6 is 11.6 Å². The Bertz CT molecular complexity index is 628. The van der Waals surface area contributed by atoms with Gasteiger partial charge in [-0.2, -0.15) is 0 Å². The first-order valence-electron chi connectivity index (χ1n) is 7.47. The van der Waals surface area contributed by atoms with Gasteiger partial charge in [-0.05, 0) is 31.2 Å². The van der Waals surface area contributed by atoms with Crippen LogP contribution in [-0.2, 0) is 11.3 Å². The van der Waals surface area contributed by atoms with Gasteiger partial charge in [0.1, 0.15) is 11.5 Å². The Labute approximate surface area is 135 Å². The van der Waals surface area contributed by atoms with Crippen LogP contribution in [0.5, 0.6) is 0 Å². The molecule has 118 valence electrons. The fraction of sp³-hybridized carbons (Fsp3) is 0.412. The highest BCUT2D eigenvalue weighted by Gasteiger charge is 2.26. The van der Waals surface area contributed by atoms with Crippen molar-refractivity contribution >= 4 is 11.6 Å². The molecule has 1 aliphatic rings. The number of halogens is 1. The van der Waals surface area contributed by atoms with Gasteiger partial charge in [0.05, 0.1) is 30.9 Å². The molecule has 2 aromatic rings. The Hall–Kier alpha value is -1.33. The van der Waals surface area contributed by atoms with E-state index in [-0.39, 0.29) is 12.7 Å². The van der Waals surface area contributed by atoms with Gasteiger partial charge in [-0.3, -0.25) is 4.90 Å². The highest BCUT2D eigenvalue weighted by molar-refractivity contribution is 6.33. The largest absolute Gasteiger partial charge is 0.460 e.